The van der Waals surface area contributed by atoms with Gasteiger partial charge >= 0.3 is 0 Å². The molecule has 0 saturated carbocycles. The number of carbonyl (C=O) groups excluding carboxylic acids is 1. The zero-order chi connectivity index (χ0) is 15.4. The number of nitro benzene ring substituents is 1. The molecule has 1 aromatic carbocycles. The number of hydrogen-bond donors (Lipinski definition) is 0. The Hall–Kier alpha value is -1.66. The zero-order valence-corrected chi connectivity index (χ0v) is 12.7. The van der Waals surface area contributed by atoms with Gasteiger partial charge in [0, 0.05) is 36.8 Å². The number of likely N-dealkylation sites (N-methyl/N-ethyl adjacent to an activating group) is 1. The summed E-state index contributed by atoms with van der Waals surface area (Å²) in [6.45, 7) is 2.34. The molecule has 1 fully saturated rings. The average molecular weight is 312 g/mol. The number of amides is 1. The van der Waals surface area contributed by atoms with E-state index in [4.69, 9.17) is 11.6 Å². The number of benzene rings is 1. The third kappa shape index (κ3) is 4.15. The van der Waals surface area contributed by atoms with Gasteiger partial charge < -0.3 is 4.90 Å². The van der Waals surface area contributed by atoms with Crippen molar-refractivity contribution in [1.29, 1.82) is 0 Å². The molecule has 0 N–H and O–H groups in total. The largest absolute Gasteiger partial charge is 0.342 e. The lowest BCUT2D eigenvalue weighted by Gasteiger charge is -2.21. The topological polar surface area (TPSA) is 66.7 Å². The van der Waals surface area contributed by atoms with Gasteiger partial charge in [0.1, 0.15) is 0 Å². The molecule has 0 spiro atoms. The second kappa shape index (κ2) is 6.87. The van der Waals surface area contributed by atoms with Crippen molar-refractivity contribution in [3.05, 3.63) is 38.9 Å². The van der Waals surface area contributed by atoms with Gasteiger partial charge in [0.15, 0.2) is 0 Å². The predicted molar refractivity (Wildman–Crippen MR) is 80.3 cm³/mol. The van der Waals surface area contributed by atoms with Crippen LogP contribution in [-0.4, -0.2) is 47.3 Å². The quantitative estimate of drug-likeness (QED) is 0.618. The van der Waals surface area contributed by atoms with E-state index >= 15 is 0 Å². The Morgan fingerprint density at radius 2 is 2.10 bits per heavy atom. The second-order valence-electron chi connectivity index (χ2n) is 5.29. The fourth-order valence-corrected chi connectivity index (χ4v) is 2.62. The minimum absolute atomic E-state index is 0.00803. The molecule has 0 aromatic heterocycles. The first kappa shape index (κ1) is 15.7. The summed E-state index contributed by atoms with van der Waals surface area (Å²) in [5, 5.41) is 11.3. The molecule has 0 aliphatic carbocycles. The number of rotatable bonds is 5. The molecule has 6 nitrogen and oxygen atoms in total. The molecule has 0 bridgehead atoms. The Labute approximate surface area is 128 Å². The highest BCUT2D eigenvalue weighted by molar-refractivity contribution is 6.31. The van der Waals surface area contributed by atoms with Crippen molar-refractivity contribution < 1.29 is 9.72 Å². The van der Waals surface area contributed by atoms with Gasteiger partial charge in [0.2, 0.25) is 5.91 Å². The van der Waals surface area contributed by atoms with Gasteiger partial charge in [-0.3, -0.25) is 19.8 Å². The van der Waals surface area contributed by atoms with Crippen molar-refractivity contribution in [2.45, 2.75) is 19.4 Å². The number of carbonyl (C=O) groups is 1. The van der Waals surface area contributed by atoms with Gasteiger partial charge in [-0.15, -0.1) is 0 Å². The number of halogens is 1. The maximum Gasteiger partial charge on any atom is 0.269 e. The summed E-state index contributed by atoms with van der Waals surface area (Å²) in [6.07, 6.45) is 2.12. The van der Waals surface area contributed by atoms with E-state index in [1.54, 1.807) is 0 Å². The molecule has 1 aromatic rings. The fourth-order valence-electron chi connectivity index (χ4n) is 2.44. The molecule has 1 aliphatic heterocycles. The minimum Gasteiger partial charge on any atom is -0.342 e. The van der Waals surface area contributed by atoms with Gasteiger partial charge in [-0.1, -0.05) is 11.6 Å². The first-order chi connectivity index (χ1) is 9.97. The van der Waals surface area contributed by atoms with Crippen LogP contribution in [0.3, 0.4) is 0 Å². The van der Waals surface area contributed by atoms with Gasteiger partial charge in [0.05, 0.1) is 11.5 Å². The Balaban J connectivity index is 1.98. The van der Waals surface area contributed by atoms with E-state index in [2.05, 4.69) is 0 Å². The van der Waals surface area contributed by atoms with Crippen molar-refractivity contribution in [3.63, 3.8) is 0 Å². The maximum atomic E-state index is 12.0. The van der Waals surface area contributed by atoms with E-state index in [0.29, 0.717) is 23.7 Å². The molecule has 1 heterocycles. The van der Waals surface area contributed by atoms with Crippen LogP contribution < -0.4 is 0 Å². The van der Waals surface area contributed by atoms with Crippen LogP contribution in [0.2, 0.25) is 5.02 Å². The summed E-state index contributed by atoms with van der Waals surface area (Å²) in [5.41, 5.74) is 0.663. The molecule has 0 unspecified atom stereocenters. The summed E-state index contributed by atoms with van der Waals surface area (Å²) in [6, 6.07) is 4.35. The standard InChI is InChI=1S/C14H18ClN3O3/c1-16(10-14(19)17-6-2-3-7-17)9-11-8-12(18(20)21)4-5-13(11)15/h4-5,8H,2-3,6-7,9-10H2,1H3. The van der Waals surface area contributed by atoms with Crippen LogP contribution in [0.4, 0.5) is 5.69 Å². The predicted octanol–water partition coefficient (Wildman–Crippen LogP) is 2.30. The van der Waals surface area contributed by atoms with Crippen molar-refractivity contribution in [2.24, 2.45) is 0 Å². The molecule has 1 saturated heterocycles. The highest BCUT2D eigenvalue weighted by Crippen LogP contribution is 2.23. The van der Waals surface area contributed by atoms with Crippen LogP contribution in [0.1, 0.15) is 18.4 Å². The zero-order valence-electron chi connectivity index (χ0n) is 11.9. The summed E-state index contributed by atoms with van der Waals surface area (Å²) >= 11 is 6.06. The third-order valence-electron chi connectivity index (χ3n) is 3.54. The lowest BCUT2D eigenvalue weighted by atomic mass is 10.2. The number of hydrogen-bond acceptors (Lipinski definition) is 4. The van der Waals surface area contributed by atoms with Crippen LogP contribution in [-0.2, 0) is 11.3 Å². The number of non-ortho nitro benzene ring substituents is 1. The van der Waals surface area contributed by atoms with Crippen LogP contribution in [0.5, 0.6) is 0 Å². The molecular formula is C14H18ClN3O3. The van der Waals surface area contributed by atoms with Crippen LogP contribution in [0.25, 0.3) is 0 Å². The molecule has 0 atom stereocenters. The van der Waals surface area contributed by atoms with Gasteiger partial charge in [-0.05, 0) is 31.5 Å². The first-order valence-corrected chi connectivity index (χ1v) is 7.24. The smallest absolute Gasteiger partial charge is 0.269 e. The van der Waals surface area contributed by atoms with Crippen LogP contribution in [0.15, 0.2) is 18.2 Å². The molecule has 1 amide bonds. The SMILES string of the molecule is CN(CC(=O)N1CCCC1)Cc1cc([N+](=O)[O-])ccc1Cl. The van der Waals surface area contributed by atoms with E-state index < -0.39 is 4.92 Å². The van der Waals surface area contributed by atoms with E-state index in [-0.39, 0.29) is 11.6 Å². The fraction of sp³-hybridized carbons (Fsp3) is 0.500. The lowest BCUT2D eigenvalue weighted by Crippen LogP contribution is -2.37. The highest BCUT2D eigenvalue weighted by atomic mass is 35.5. The Morgan fingerprint density at radius 1 is 1.43 bits per heavy atom. The molecule has 0 radical (unpaired) electrons. The van der Waals surface area contributed by atoms with Crippen molar-refractivity contribution in [1.82, 2.24) is 9.80 Å². The number of nitro groups is 1. The number of likely N-dealkylation sites (tertiary alicyclic amines) is 1. The second-order valence-corrected chi connectivity index (χ2v) is 5.70. The molecular weight excluding hydrogens is 294 g/mol. The van der Waals surface area contributed by atoms with E-state index in [9.17, 15) is 14.9 Å². The van der Waals surface area contributed by atoms with Gasteiger partial charge in [-0.2, -0.15) is 0 Å². The molecule has 1 aliphatic rings. The molecule has 114 valence electrons. The maximum absolute atomic E-state index is 12.0. The molecule has 21 heavy (non-hydrogen) atoms. The van der Waals surface area contributed by atoms with Gasteiger partial charge in [-0.25, -0.2) is 0 Å². The summed E-state index contributed by atoms with van der Waals surface area (Å²) in [4.78, 5) is 26.1. The minimum atomic E-state index is -0.449. The van der Waals surface area contributed by atoms with E-state index in [1.807, 2.05) is 16.8 Å². The molecule has 7 heteroatoms. The Kier molecular flexibility index (Phi) is 5.14. The monoisotopic (exact) mass is 311 g/mol. The third-order valence-corrected chi connectivity index (χ3v) is 3.91. The van der Waals surface area contributed by atoms with E-state index in [0.717, 1.165) is 25.9 Å². The van der Waals surface area contributed by atoms with Crippen LogP contribution in [0, 0.1) is 10.1 Å². The number of nitrogens with zero attached hydrogens (tertiary/aromatic N) is 3. The summed E-state index contributed by atoms with van der Waals surface area (Å²) in [5.74, 6) is 0.0940. The molecule has 2 rings (SSSR count). The average Bonchev–Trinajstić information content (AvgIpc) is 2.95. The summed E-state index contributed by atoms with van der Waals surface area (Å²) in [7, 11) is 1.81. The summed E-state index contributed by atoms with van der Waals surface area (Å²) < 4.78 is 0. The Morgan fingerprint density at radius 3 is 2.71 bits per heavy atom. The van der Waals surface area contributed by atoms with Crippen molar-refractivity contribution in [2.75, 3.05) is 26.7 Å². The van der Waals surface area contributed by atoms with Gasteiger partial charge in [0.25, 0.3) is 5.69 Å². The van der Waals surface area contributed by atoms with Crippen LogP contribution >= 0.6 is 11.6 Å². The highest BCUT2D eigenvalue weighted by Gasteiger charge is 2.19. The first-order valence-electron chi connectivity index (χ1n) is 6.86. The Bertz CT molecular complexity index is 544. The lowest BCUT2D eigenvalue weighted by molar-refractivity contribution is -0.384. The van der Waals surface area contributed by atoms with Crippen molar-refractivity contribution in [3.8, 4) is 0 Å². The van der Waals surface area contributed by atoms with Crippen molar-refractivity contribution >= 4 is 23.2 Å². The van der Waals surface area contributed by atoms with E-state index in [1.165, 1.54) is 18.2 Å². The normalized spacial score (nSPS) is 14.7.